The van der Waals surface area contributed by atoms with Gasteiger partial charge in [-0.2, -0.15) is 0 Å². The van der Waals surface area contributed by atoms with Crippen molar-refractivity contribution in [3.63, 3.8) is 0 Å². The largest absolute Gasteiger partial charge is 0.465 e. The number of hydrogen-bond donors (Lipinski definition) is 1. The average Bonchev–Trinajstić information content (AvgIpc) is 2.27. The van der Waals surface area contributed by atoms with Gasteiger partial charge in [-0.15, -0.1) is 0 Å². The molecule has 2 atom stereocenters. The van der Waals surface area contributed by atoms with E-state index in [-0.39, 0.29) is 5.97 Å². The van der Waals surface area contributed by atoms with Gasteiger partial charge < -0.3 is 14.8 Å². The third-order valence-corrected chi connectivity index (χ3v) is 2.78. The molecule has 0 aromatic rings. The topological polar surface area (TPSA) is 47.6 Å². The van der Waals surface area contributed by atoms with Gasteiger partial charge in [-0.3, -0.25) is 4.79 Å². The molecule has 15 heavy (non-hydrogen) atoms. The van der Waals surface area contributed by atoms with Gasteiger partial charge in [0.2, 0.25) is 0 Å². The summed E-state index contributed by atoms with van der Waals surface area (Å²) in [5.41, 5.74) is 0. The van der Waals surface area contributed by atoms with Gasteiger partial charge in [-0.1, -0.05) is 0 Å². The molecule has 4 heteroatoms. The van der Waals surface area contributed by atoms with Crippen LogP contribution >= 0.6 is 0 Å². The lowest BCUT2D eigenvalue weighted by molar-refractivity contribution is -0.142. The summed E-state index contributed by atoms with van der Waals surface area (Å²) < 4.78 is 10.2. The van der Waals surface area contributed by atoms with Gasteiger partial charge in [0.1, 0.15) is 0 Å². The highest BCUT2D eigenvalue weighted by molar-refractivity contribution is 5.71. The van der Waals surface area contributed by atoms with Crippen molar-refractivity contribution in [3.8, 4) is 0 Å². The molecule has 0 aliphatic carbocycles. The van der Waals surface area contributed by atoms with Crippen molar-refractivity contribution in [2.24, 2.45) is 5.92 Å². The van der Waals surface area contributed by atoms with E-state index in [0.29, 0.717) is 25.1 Å². The van der Waals surface area contributed by atoms with Crippen LogP contribution in [-0.2, 0) is 14.3 Å². The van der Waals surface area contributed by atoms with E-state index in [1.54, 1.807) is 0 Å². The predicted molar refractivity (Wildman–Crippen MR) is 57.6 cm³/mol. The van der Waals surface area contributed by atoms with Crippen LogP contribution in [0.5, 0.6) is 0 Å². The van der Waals surface area contributed by atoms with E-state index in [1.165, 1.54) is 6.42 Å². The fraction of sp³-hybridized carbons (Fsp3) is 0.909. The maximum absolute atomic E-state index is 11.1. The molecule has 0 saturated carbocycles. The first-order valence-corrected chi connectivity index (χ1v) is 5.70. The van der Waals surface area contributed by atoms with E-state index in [4.69, 9.17) is 9.47 Å². The smallest absolute Gasteiger partial charge is 0.319 e. The van der Waals surface area contributed by atoms with Crippen LogP contribution < -0.4 is 5.32 Å². The average molecular weight is 215 g/mol. The van der Waals surface area contributed by atoms with E-state index in [2.05, 4.69) is 12.2 Å². The van der Waals surface area contributed by atoms with Crippen molar-refractivity contribution >= 4 is 5.97 Å². The number of nitrogens with one attached hydrogen (secondary N) is 1. The van der Waals surface area contributed by atoms with E-state index in [0.717, 1.165) is 19.6 Å². The molecule has 0 unspecified atom stereocenters. The van der Waals surface area contributed by atoms with E-state index >= 15 is 0 Å². The summed E-state index contributed by atoms with van der Waals surface area (Å²) in [7, 11) is 0. The van der Waals surface area contributed by atoms with Crippen molar-refractivity contribution in [1.29, 1.82) is 0 Å². The van der Waals surface area contributed by atoms with Crippen LogP contribution in [0.15, 0.2) is 0 Å². The molecular weight excluding hydrogens is 194 g/mol. The van der Waals surface area contributed by atoms with Gasteiger partial charge in [0.15, 0.2) is 0 Å². The number of rotatable bonds is 5. The third-order valence-electron chi connectivity index (χ3n) is 2.78. The zero-order chi connectivity index (χ0) is 11.1. The first-order chi connectivity index (χ1) is 7.24. The summed E-state index contributed by atoms with van der Waals surface area (Å²) in [6.45, 7) is 6.33. The fourth-order valence-electron chi connectivity index (χ4n) is 1.78. The van der Waals surface area contributed by atoms with Gasteiger partial charge in [0.05, 0.1) is 19.8 Å². The second kappa shape index (κ2) is 6.80. The van der Waals surface area contributed by atoms with Crippen LogP contribution in [0.3, 0.4) is 0 Å². The summed E-state index contributed by atoms with van der Waals surface area (Å²) >= 11 is 0. The molecule has 4 nitrogen and oxygen atoms in total. The van der Waals surface area contributed by atoms with Crippen LogP contribution in [0.4, 0.5) is 0 Å². The summed E-state index contributed by atoms with van der Waals surface area (Å²) in [4.78, 5) is 11.1. The van der Waals surface area contributed by atoms with Gasteiger partial charge >= 0.3 is 5.97 Å². The molecule has 1 aliphatic heterocycles. The minimum Gasteiger partial charge on any atom is -0.465 e. The Balaban J connectivity index is 2.16. The molecule has 88 valence electrons. The molecule has 1 rings (SSSR count). The molecule has 1 saturated heterocycles. The van der Waals surface area contributed by atoms with Crippen molar-refractivity contribution in [2.75, 3.05) is 26.4 Å². The van der Waals surface area contributed by atoms with Crippen molar-refractivity contribution in [1.82, 2.24) is 5.32 Å². The van der Waals surface area contributed by atoms with Crippen LogP contribution in [0.25, 0.3) is 0 Å². The molecule has 0 spiro atoms. The highest BCUT2D eigenvalue weighted by Crippen LogP contribution is 2.16. The highest BCUT2D eigenvalue weighted by Gasteiger charge is 2.20. The zero-order valence-corrected chi connectivity index (χ0v) is 9.62. The Morgan fingerprint density at radius 2 is 2.47 bits per heavy atom. The number of carbonyl (C=O) groups excluding carboxylic acids is 1. The normalized spacial score (nSPS) is 23.5. The fourth-order valence-corrected chi connectivity index (χ4v) is 1.78. The molecule has 0 aromatic carbocycles. The summed E-state index contributed by atoms with van der Waals surface area (Å²) in [6.07, 6.45) is 2.30. The van der Waals surface area contributed by atoms with Crippen LogP contribution in [-0.4, -0.2) is 38.4 Å². The first kappa shape index (κ1) is 12.5. The van der Waals surface area contributed by atoms with Gasteiger partial charge in [0, 0.05) is 12.6 Å². The Kier molecular flexibility index (Phi) is 5.65. The second-order valence-corrected chi connectivity index (χ2v) is 3.95. The SMILES string of the molecule is CCOC(=O)CN[C@@H](C)[C@H]1CCCOC1. The predicted octanol–water partition coefficient (Wildman–Crippen LogP) is 0.954. The number of ether oxygens (including phenoxy) is 2. The van der Waals surface area contributed by atoms with Gasteiger partial charge in [-0.05, 0) is 32.6 Å². The Morgan fingerprint density at radius 3 is 3.07 bits per heavy atom. The molecule has 0 amide bonds. The second-order valence-electron chi connectivity index (χ2n) is 3.95. The Morgan fingerprint density at radius 1 is 1.67 bits per heavy atom. The van der Waals surface area contributed by atoms with E-state index in [1.807, 2.05) is 6.92 Å². The standard InChI is InChI=1S/C11H21NO3/c1-3-15-11(13)7-12-9(2)10-5-4-6-14-8-10/h9-10,12H,3-8H2,1-2H3/t9-,10-/m0/s1. The van der Waals surface area contributed by atoms with E-state index in [9.17, 15) is 4.79 Å². The van der Waals surface area contributed by atoms with Crippen molar-refractivity contribution < 1.29 is 14.3 Å². The lowest BCUT2D eigenvalue weighted by Gasteiger charge is -2.28. The Labute approximate surface area is 91.3 Å². The van der Waals surface area contributed by atoms with Crippen LogP contribution in [0, 0.1) is 5.92 Å². The lowest BCUT2D eigenvalue weighted by atomic mass is 9.95. The zero-order valence-electron chi connectivity index (χ0n) is 9.62. The lowest BCUT2D eigenvalue weighted by Crippen LogP contribution is -2.40. The monoisotopic (exact) mass is 215 g/mol. The van der Waals surface area contributed by atoms with Crippen molar-refractivity contribution in [3.05, 3.63) is 0 Å². The number of esters is 1. The minimum absolute atomic E-state index is 0.180. The van der Waals surface area contributed by atoms with Crippen LogP contribution in [0.1, 0.15) is 26.7 Å². The molecular formula is C11H21NO3. The molecule has 1 fully saturated rings. The number of carbonyl (C=O) groups is 1. The van der Waals surface area contributed by atoms with Crippen LogP contribution in [0.2, 0.25) is 0 Å². The summed E-state index contributed by atoms with van der Waals surface area (Å²) in [5.74, 6) is 0.342. The van der Waals surface area contributed by atoms with Gasteiger partial charge in [0.25, 0.3) is 0 Å². The highest BCUT2D eigenvalue weighted by atomic mass is 16.5. The molecule has 0 bridgehead atoms. The van der Waals surface area contributed by atoms with Crippen molar-refractivity contribution in [2.45, 2.75) is 32.7 Å². The van der Waals surface area contributed by atoms with E-state index < -0.39 is 0 Å². The molecule has 1 aliphatic rings. The van der Waals surface area contributed by atoms with Gasteiger partial charge in [-0.25, -0.2) is 0 Å². The molecule has 0 aromatic heterocycles. The minimum atomic E-state index is -0.180. The Bertz CT molecular complexity index is 190. The Hall–Kier alpha value is -0.610. The molecule has 1 N–H and O–H groups in total. The maximum atomic E-state index is 11.1. The molecule has 0 radical (unpaired) electrons. The summed E-state index contributed by atoms with van der Waals surface area (Å²) in [5, 5.41) is 3.18. The maximum Gasteiger partial charge on any atom is 0.319 e. The summed E-state index contributed by atoms with van der Waals surface area (Å²) in [6, 6.07) is 0.315. The molecule has 1 heterocycles. The third kappa shape index (κ3) is 4.62. The first-order valence-electron chi connectivity index (χ1n) is 5.70. The quantitative estimate of drug-likeness (QED) is 0.694. The number of hydrogen-bond acceptors (Lipinski definition) is 4.